The minimum atomic E-state index is -0.148. The van der Waals surface area contributed by atoms with Crippen LogP contribution in [-0.2, 0) is 17.8 Å². The number of thiophene rings is 1. The van der Waals surface area contributed by atoms with Gasteiger partial charge in [-0.3, -0.25) is 9.69 Å². The fourth-order valence-corrected chi connectivity index (χ4v) is 4.13. The zero-order valence-electron chi connectivity index (χ0n) is 14.7. The first-order valence-electron chi connectivity index (χ1n) is 8.86. The van der Waals surface area contributed by atoms with Crippen molar-refractivity contribution in [2.75, 3.05) is 20.1 Å². The normalized spacial score (nSPS) is 18.2. The number of hydrogen-bond donors (Lipinski definition) is 0. The van der Waals surface area contributed by atoms with Gasteiger partial charge in [-0.2, -0.15) is 11.3 Å². The summed E-state index contributed by atoms with van der Waals surface area (Å²) in [6, 6.07) is 9.24. The Hall–Kier alpha value is -1.72. The summed E-state index contributed by atoms with van der Waals surface area (Å²) in [5.74, 6) is 0.0498. The lowest BCUT2D eigenvalue weighted by molar-refractivity contribution is -0.133. The fraction of sp³-hybridized carbons (Fsp3) is 0.450. The van der Waals surface area contributed by atoms with Gasteiger partial charge in [0, 0.05) is 38.2 Å². The van der Waals surface area contributed by atoms with Crippen LogP contribution >= 0.6 is 11.3 Å². The van der Waals surface area contributed by atoms with E-state index in [1.165, 1.54) is 11.6 Å². The maximum absolute atomic E-state index is 13.9. The Morgan fingerprint density at radius 2 is 2.20 bits per heavy atom. The molecular formula is C20H25FN2OS. The average molecular weight is 360 g/mol. The molecule has 3 rings (SSSR count). The maximum atomic E-state index is 13.9. The van der Waals surface area contributed by atoms with Crippen LogP contribution in [0.4, 0.5) is 4.39 Å². The standard InChI is InChI=1S/C20H25FN2OS/c1-22(20(24)9-8-16-10-12-25-15-16)18-6-4-11-23(14-18)13-17-5-2-3-7-19(17)21/h2-3,5,7,10,12,15,18H,4,6,8-9,11,13-14H2,1H3. The first-order valence-corrected chi connectivity index (χ1v) is 9.80. The summed E-state index contributed by atoms with van der Waals surface area (Å²) in [6.45, 7) is 2.39. The van der Waals surface area contributed by atoms with Crippen LogP contribution in [-0.4, -0.2) is 41.9 Å². The van der Waals surface area contributed by atoms with E-state index in [1.807, 2.05) is 29.5 Å². The van der Waals surface area contributed by atoms with Gasteiger partial charge >= 0.3 is 0 Å². The Bertz CT molecular complexity index is 689. The molecule has 5 heteroatoms. The SMILES string of the molecule is CN(C(=O)CCc1ccsc1)C1CCCN(Cc2ccccc2F)C1. The van der Waals surface area contributed by atoms with Crippen molar-refractivity contribution in [3.05, 3.63) is 58.0 Å². The first kappa shape index (κ1) is 18.1. The molecule has 1 aromatic heterocycles. The van der Waals surface area contributed by atoms with Gasteiger partial charge in [0.05, 0.1) is 0 Å². The number of aryl methyl sites for hydroxylation is 1. The van der Waals surface area contributed by atoms with E-state index in [0.29, 0.717) is 13.0 Å². The van der Waals surface area contributed by atoms with Gasteiger partial charge < -0.3 is 4.90 Å². The third-order valence-corrected chi connectivity index (χ3v) is 5.71. The summed E-state index contributed by atoms with van der Waals surface area (Å²) >= 11 is 1.67. The minimum Gasteiger partial charge on any atom is -0.341 e. The number of hydrogen-bond acceptors (Lipinski definition) is 3. The van der Waals surface area contributed by atoms with E-state index < -0.39 is 0 Å². The number of amides is 1. The number of carbonyl (C=O) groups is 1. The molecule has 1 atom stereocenters. The molecule has 0 saturated carbocycles. The molecule has 134 valence electrons. The molecular weight excluding hydrogens is 335 g/mol. The van der Waals surface area contributed by atoms with Crippen molar-refractivity contribution in [1.29, 1.82) is 0 Å². The number of halogens is 1. The van der Waals surface area contributed by atoms with Crippen molar-refractivity contribution < 1.29 is 9.18 Å². The Labute approximate surface area is 153 Å². The quantitative estimate of drug-likeness (QED) is 0.779. The van der Waals surface area contributed by atoms with E-state index in [1.54, 1.807) is 17.4 Å². The molecule has 1 fully saturated rings. The summed E-state index contributed by atoms with van der Waals surface area (Å²) in [5, 5.41) is 4.15. The van der Waals surface area contributed by atoms with Crippen LogP contribution in [0.25, 0.3) is 0 Å². The zero-order valence-corrected chi connectivity index (χ0v) is 15.5. The topological polar surface area (TPSA) is 23.6 Å². The maximum Gasteiger partial charge on any atom is 0.222 e. The van der Waals surface area contributed by atoms with Gasteiger partial charge in [0.2, 0.25) is 5.91 Å². The molecule has 1 amide bonds. The van der Waals surface area contributed by atoms with Crippen LogP contribution in [0.2, 0.25) is 0 Å². The number of likely N-dealkylation sites (tertiary alicyclic amines) is 1. The molecule has 1 aliphatic heterocycles. The second-order valence-electron chi connectivity index (χ2n) is 6.76. The van der Waals surface area contributed by atoms with E-state index in [2.05, 4.69) is 16.3 Å². The predicted molar refractivity (Wildman–Crippen MR) is 100 cm³/mol. The van der Waals surface area contributed by atoms with Crippen molar-refractivity contribution >= 4 is 17.2 Å². The summed E-state index contributed by atoms with van der Waals surface area (Å²) < 4.78 is 13.9. The fourth-order valence-electron chi connectivity index (χ4n) is 3.42. The van der Waals surface area contributed by atoms with E-state index in [0.717, 1.165) is 37.9 Å². The number of benzene rings is 1. The number of carbonyl (C=O) groups excluding carboxylic acids is 1. The Balaban J connectivity index is 1.53. The van der Waals surface area contributed by atoms with Gasteiger partial charge in [0.25, 0.3) is 0 Å². The van der Waals surface area contributed by atoms with E-state index in [4.69, 9.17) is 0 Å². The molecule has 2 heterocycles. The van der Waals surface area contributed by atoms with Gasteiger partial charge in [-0.05, 0) is 54.3 Å². The molecule has 1 aromatic carbocycles. The lowest BCUT2D eigenvalue weighted by Crippen LogP contribution is -2.48. The number of likely N-dealkylation sites (N-methyl/N-ethyl adjacent to an activating group) is 1. The van der Waals surface area contributed by atoms with E-state index >= 15 is 0 Å². The van der Waals surface area contributed by atoms with Gasteiger partial charge in [0.1, 0.15) is 5.82 Å². The summed E-state index contributed by atoms with van der Waals surface area (Å²) in [7, 11) is 1.91. The molecule has 3 nitrogen and oxygen atoms in total. The Morgan fingerprint density at radius 1 is 1.36 bits per heavy atom. The molecule has 25 heavy (non-hydrogen) atoms. The van der Waals surface area contributed by atoms with Gasteiger partial charge in [-0.15, -0.1) is 0 Å². The lowest BCUT2D eigenvalue weighted by atomic mass is 10.0. The van der Waals surface area contributed by atoms with Crippen molar-refractivity contribution in [3.8, 4) is 0 Å². The van der Waals surface area contributed by atoms with Gasteiger partial charge in [-0.1, -0.05) is 18.2 Å². The van der Waals surface area contributed by atoms with Gasteiger partial charge in [-0.25, -0.2) is 4.39 Å². The largest absolute Gasteiger partial charge is 0.341 e. The summed E-state index contributed by atoms with van der Waals surface area (Å²) in [5.41, 5.74) is 1.96. The van der Waals surface area contributed by atoms with Crippen LogP contribution in [0.5, 0.6) is 0 Å². The second-order valence-corrected chi connectivity index (χ2v) is 7.54. The van der Waals surface area contributed by atoms with Crippen LogP contribution in [0, 0.1) is 5.82 Å². The molecule has 0 bridgehead atoms. The molecule has 0 N–H and O–H groups in total. The summed E-state index contributed by atoms with van der Waals surface area (Å²) in [6.07, 6.45) is 3.42. The van der Waals surface area contributed by atoms with E-state index in [9.17, 15) is 9.18 Å². The van der Waals surface area contributed by atoms with Crippen LogP contribution < -0.4 is 0 Å². The third kappa shape index (κ3) is 4.89. The number of rotatable bonds is 6. The average Bonchev–Trinajstić information content (AvgIpc) is 3.15. The Morgan fingerprint density at radius 3 is 2.96 bits per heavy atom. The third-order valence-electron chi connectivity index (χ3n) is 4.98. The van der Waals surface area contributed by atoms with Crippen molar-refractivity contribution in [2.45, 2.75) is 38.3 Å². The molecule has 1 unspecified atom stereocenters. The van der Waals surface area contributed by atoms with Crippen LogP contribution in [0.15, 0.2) is 41.1 Å². The molecule has 0 radical (unpaired) electrons. The number of nitrogens with zero attached hydrogens (tertiary/aromatic N) is 2. The smallest absolute Gasteiger partial charge is 0.222 e. The monoisotopic (exact) mass is 360 g/mol. The van der Waals surface area contributed by atoms with Crippen molar-refractivity contribution in [3.63, 3.8) is 0 Å². The highest BCUT2D eigenvalue weighted by molar-refractivity contribution is 7.07. The molecule has 1 saturated heterocycles. The second kappa shape index (κ2) is 8.59. The highest BCUT2D eigenvalue weighted by Gasteiger charge is 2.26. The Kier molecular flexibility index (Phi) is 6.21. The molecule has 0 aliphatic carbocycles. The molecule has 1 aliphatic rings. The zero-order chi connectivity index (χ0) is 17.6. The van der Waals surface area contributed by atoms with Gasteiger partial charge in [0.15, 0.2) is 0 Å². The number of piperidine rings is 1. The first-order chi connectivity index (χ1) is 12.1. The van der Waals surface area contributed by atoms with E-state index in [-0.39, 0.29) is 17.8 Å². The molecule has 0 spiro atoms. The predicted octanol–water partition coefficient (Wildman–Crippen LogP) is 3.94. The molecule has 2 aromatic rings. The highest BCUT2D eigenvalue weighted by Crippen LogP contribution is 2.19. The summed E-state index contributed by atoms with van der Waals surface area (Å²) in [4.78, 5) is 16.7. The van der Waals surface area contributed by atoms with Crippen molar-refractivity contribution in [1.82, 2.24) is 9.80 Å². The van der Waals surface area contributed by atoms with Crippen LogP contribution in [0.3, 0.4) is 0 Å². The van der Waals surface area contributed by atoms with Crippen LogP contribution in [0.1, 0.15) is 30.4 Å². The highest BCUT2D eigenvalue weighted by atomic mass is 32.1. The van der Waals surface area contributed by atoms with Crippen molar-refractivity contribution in [2.24, 2.45) is 0 Å². The minimum absolute atomic E-state index is 0.148. The lowest BCUT2D eigenvalue weighted by Gasteiger charge is -2.37.